The van der Waals surface area contributed by atoms with Crippen LogP contribution in [-0.4, -0.2) is 316 Å². The van der Waals surface area contributed by atoms with Gasteiger partial charge in [-0.3, -0.25) is 24.0 Å². The van der Waals surface area contributed by atoms with Gasteiger partial charge in [0, 0.05) is 99.3 Å². The summed E-state index contributed by atoms with van der Waals surface area (Å²) in [6, 6.07) is 6.89. The number of ether oxygens (including phenoxy) is 16. The number of fused-ring (bicyclic) bond motifs is 5. The van der Waals surface area contributed by atoms with E-state index in [1.54, 1.807) is 34.6 Å². The van der Waals surface area contributed by atoms with Crippen molar-refractivity contribution in [2.45, 2.75) is 329 Å². The third kappa shape index (κ3) is 18.4. The van der Waals surface area contributed by atoms with Crippen molar-refractivity contribution in [2.24, 2.45) is 11.7 Å². The fourth-order valence-corrected chi connectivity index (χ4v) is 18.3. The molecule has 4 aromatic rings. The fraction of sp³-hybridized carbons (Fsp3) is 0.679. The van der Waals surface area contributed by atoms with Gasteiger partial charge in [0.05, 0.1) is 114 Å². The highest BCUT2D eigenvalue weighted by atomic mass is 16.8. The molecule has 7 saturated heterocycles. The first kappa shape index (κ1) is 91.9. The van der Waals surface area contributed by atoms with E-state index in [9.17, 15) is 95.8 Å². The van der Waals surface area contributed by atoms with Crippen molar-refractivity contribution in [1.29, 1.82) is 0 Å². The van der Waals surface area contributed by atoms with Gasteiger partial charge in [-0.05, 0) is 117 Å². The Labute approximate surface area is 696 Å². The minimum absolute atomic E-state index is 0.0365. The van der Waals surface area contributed by atoms with Gasteiger partial charge in [-0.2, -0.15) is 0 Å². The third-order valence-electron chi connectivity index (χ3n) is 25.1. The van der Waals surface area contributed by atoms with E-state index in [-0.39, 0.29) is 106 Å². The molecule has 121 heavy (non-hydrogen) atoms. The molecule has 32 atom stereocenters. The van der Waals surface area contributed by atoms with E-state index >= 15 is 4.79 Å². The topological polar surface area (TPSA) is 563 Å². The Hall–Kier alpha value is -6.75. The SMILES string of the molecule is CO[C@H](C(=O)[C@@H](O)[C@@H](C)O)C1Cc2cc3cc(O[C@H]4C[C@@H](O[C@H]5C[C@@H](O)[C@H](O)[C@@H](C)O5)[C@@H](O)[C@@H](C)O4)c(C)c(O)c3c(O)c2C(=O)[C@H]1O[C@H]1C[C@@H](O[C@H]2C[C@@H](O[C@H]3C[C@](C)(O)[C@H](O)[C@@H](C)O3)[C@H](O)[C@@H](C)O2)[C@H](O)[C@@H](C)O1.COc1cccc2c1C(=O)c1c(O)c3c(c(O)c1C2=O)C[C@@](O)(C(=O)CO)C[C@@H]3O[C@H]1C[C@H](N)[C@H](O[C@@H]2CCCCO2)[C@H](C)O1. The van der Waals surface area contributed by atoms with E-state index in [1.807, 2.05) is 0 Å². The molecule has 0 amide bonds. The molecule has 0 aromatic heterocycles. The lowest BCUT2D eigenvalue weighted by atomic mass is 9.72. The van der Waals surface area contributed by atoms with Crippen molar-refractivity contribution < 1.29 is 176 Å². The number of phenolic OH excluding ortho intramolecular Hbond substituents is 4. The third-order valence-corrected chi connectivity index (χ3v) is 25.1. The molecular weight excluding hydrogens is 1600 g/mol. The number of Topliss-reactive ketones (excluding diaryl/α,β-unsaturated/α-hetero) is 3. The first-order valence-corrected chi connectivity index (χ1v) is 41.1. The van der Waals surface area contributed by atoms with Crippen LogP contribution in [0.25, 0.3) is 10.8 Å². The summed E-state index contributed by atoms with van der Waals surface area (Å²) >= 11 is 0. The Morgan fingerprint density at radius 3 is 1.76 bits per heavy atom. The highest BCUT2D eigenvalue weighted by Gasteiger charge is 2.55. The zero-order chi connectivity index (χ0) is 87.8. The molecule has 670 valence electrons. The van der Waals surface area contributed by atoms with Gasteiger partial charge in [0.15, 0.2) is 60.9 Å². The van der Waals surface area contributed by atoms with Gasteiger partial charge in [0.1, 0.15) is 102 Å². The van der Waals surface area contributed by atoms with E-state index < -0.39 is 278 Å². The van der Waals surface area contributed by atoms with E-state index in [1.165, 1.54) is 72.2 Å². The van der Waals surface area contributed by atoms with E-state index in [0.717, 1.165) is 19.3 Å². The maximum Gasteiger partial charge on any atom is 0.202 e. The molecule has 0 radical (unpaired) electrons. The number of ketones is 5. The summed E-state index contributed by atoms with van der Waals surface area (Å²) < 4.78 is 96.0. The molecule has 7 aliphatic heterocycles. The average Bonchev–Trinajstić information content (AvgIpc) is 0.705. The second kappa shape index (κ2) is 37.1. The van der Waals surface area contributed by atoms with E-state index in [2.05, 4.69) is 0 Å². The Morgan fingerprint density at radius 2 is 1.18 bits per heavy atom. The monoisotopic (exact) mass is 1710 g/mol. The molecule has 10 aliphatic rings. The summed E-state index contributed by atoms with van der Waals surface area (Å²) in [6.45, 7) is 13.4. The number of aliphatic hydroxyl groups is 11. The normalized spacial score (nSPS) is 38.3. The molecule has 0 spiro atoms. The summed E-state index contributed by atoms with van der Waals surface area (Å²) in [5.41, 5.74) is 1.51. The fourth-order valence-electron chi connectivity index (χ4n) is 18.3. The molecular formula is C84H113NO36. The number of phenols is 4. The molecule has 37 nitrogen and oxygen atoms in total. The van der Waals surface area contributed by atoms with Crippen LogP contribution in [0.3, 0.4) is 0 Å². The van der Waals surface area contributed by atoms with Gasteiger partial charge in [-0.25, -0.2) is 0 Å². The summed E-state index contributed by atoms with van der Waals surface area (Å²) in [7, 11) is 2.52. The molecule has 14 rings (SSSR count). The molecule has 17 N–H and O–H groups in total. The molecule has 7 heterocycles. The Kier molecular flexibility index (Phi) is 28.1. The number of aromatic hydroxyl groups is 4. The van der Waals surface area contributed by atoms with Gasteiger partial charge in [-0.1, -0.05) is 12.1 Å². The quantitative estimate of drug-likeness (QED) is 0.0434. The Balaban J connectivity index is 0.000000238. The molecule has 0 saturated carbocycles. The predicted octanol–water partition coefficient (Wildman–Crippen LogP) is 1.30. The largest absolute Gasteiger partial charge is 0.507 e. The number of carbonyl (C=O) groups excluding carboxylic acids is 5. The number of methoxy groups -OCH3 is 2. The maximum absolute atomic E-state index is 15.0. The van der Waals surface area contributed by atoms with Crippen LogP contribution in [0.4, 0.5) is 0 Å². The van der Waals surface area contributed by atoms with Gasteiger partial charge in [0.25, 0.3) is 0 Å². The van der Waals surface area contributed by atoms with Crippen molar-refractivity contribution in [2.75, 3.05) is 27.4 Å². The molecule has 7 fully saturated rings. The van der Waals surface area contributed by atoms with Crippen molar-refractivity contribution in [3.63, 3.8) is 0 Å². The molecule has 3 aliphatic carbocycles. The van der Waals surface area contributed by atoms with Crippen molar-refractivity contribution in [3.8, 4) is 34.5 Å². The molecule has 4 aromatic carbocycles. The number of aliphatic hydroxyl groups excluding tert-OH is 9. The summed E-state index contributed by atoms with van der Waals surface area (Å²) in [5, 5.41) is 164. The Bertz CT molecular complexity index is 4420. The van der Waals surface area contributed by atoms with Crippen molar-refractivity contribution >= 4 is 39.7 Å². The summed E-state index contributed by atoms with van der Waals surface area (Å²) in [6.07, 6.45) is -29.0. The summed E-state index contributed by atoms with van der Waals surface area (Å²) in [4.78, 5) is 69.2. The maximum atomic E-state index is 15.0. The second-order valence-electron chi connectivity index (χ2n) is 33.8. The highest BCUT2D eigenvalue weighted by Crippen LogP contribution is 2.54. The minimum Gasteiger partial charge on any atom is -0.507 e. The van der Waals surface area contributed by atoms with Crippen molar-refractivity contribution in [3.05, 3.63) is 80.4 Å². The van der Waals surface area contributed by atoms with Gasteiger partial charge >= 0.3 is 0 Å². The molecule has 0 bridgehead atoms. The first-order chi connectivity index (χ1) is 57.2. The Morgan fingerprint density at radius 1 is 0.612 bits per heavy atom. The number of rotatable bonds is 22. The average molecular weight is 1710 g/mol. The van der Waals surface area contributed by atoms with Crippen LogP contribution in [0.5, 0.6) is 34.5 Å². The number of nitrogens with two attached hydrogens (primary N) is 1. The van der Waals surface area contributed by atoms with Crippen LogP contribution in [0.1, 0.15) is 190 Å². The zero-order valence-corrected chi connectivity index (χ0v) is 69.0. The van der Waals surface area contributed by atoms with Crippen molar-refractivity contribution in [1.82, 2.24) is 0 Å². The van der Waals surface area contributed by atoms with Gasteiger partial charge in [-0.15, -0.1) is 0 Å². The first-order valence-electron chi connectivity index (χ1n) is 41.1. The lowest BCUT2D eigenvalue weighted by Crippen LogP contribution is -2.58. The number of hydrogen-bond acceptors (Lipinski definition) is 37. The van der Waals surface area contributed by atoms with E-state index in [0.29, 0.717) is 6.61 Å². The van der Waals surface area contributed by atoms with Gasteiger partial charge < -0.3 is 158 Å². The lowest BCUT2D eigenvalue weighted by molar-refractivity contribution is -0.334. The molecule has 37 heteroatoms. The number of hydrogen-bond donors (Lipinski definition) is 16. The lowest BCUT2D eigenvalue weighted by Gasteiger charge is -2.46. The van der Waals surface area contributed by atoms with Crippen LogP contribution >= 0.6 is 0 Å². The standard InChI is InChI=1S/C52H76O24.C32H37NO12/c1-18-29(72-34-14-30(43(58)21(4)68-34)73-33-13-28(54)42(57)20(3)67-33)12-26-10-25-11-27(49(66-9)48(63)41(56)19(2)53)50(47(62)39(25)46(61)38(26)40(18)55)76-36-16-31(44(59)23(6)70-36)74-35-15-32(45(60)22(5)69-35)75-37-17-52(8,65)51(64)24(7)71-37;1-14-31(45-21-8-3-4-9-42-21)17(33)10-22(43-14)44-19-12-32(40,20(35)13-34)11-16-24(19)30(39)26-25(28(16)37)27(36)15-6-5-7-18(41-2)23(15)29(26)38/h10,12,19-24,27-28,30-37,41-45,49-51,53-61,64-65H,11,13-17H2,1-9H3;5-7,14,17,19,21-22,31,34,37,39-40H,3-4,8-13,33H2,1-2H3/t19-,20-,21-,22-,23-,24-,27?,28-,30-,31-,32-,33+,34+,35+,36+,37+,41+,42-,43+,44-,45-,49+,50+,51-,52+;14-,17-,19-,21+,22-,31+,32-/m10/s1. The van der Waals surface area contributed by atoms with Crippen LogP contribution in [0, 0.1) is 12.8 Å². The van der Waals surface area contributed by atoms with Crippen LogP contribution < -0.4 is 15.2 Å². The van der Waals surface area contributed by atoms with E-state index in [4.69, 9.17) is 81.5 Å². The number of benzene rings is 4. The smallest absolute Gasteiger partial charge is 0.202 e. The van der Waals surface area contributed by atoms with Gasteiger partial charge in [0.2, 0.25) is 12.1 Å². The zero-order valence-electron chi connectivity index (χ0n) is 69.0. The second-order valence-corrected chi connectivity index (χ2v) is 33.8. The minimum atomic E-state index is -2.24. The molecule has 1 unspecified atom stereocenters. The van der Waals surface area contributed by atoms with Crippen LogP contribution in [0.15, 0.2) is 30.3 Å². The predicted molar refractivity (Wildman–Crippen MR) is 413 cm³/mol. The highest BCUT2D eigenvalue weighted by molar-refractivity contribution is 6.31. The summed E-state index contributed by atoms with van der Waals surface area (Å²) in [5.74, 6) is -7.74. The van der Waals surface area contributed by atoms with Crippen LogP contribution in [0.2, 0.25) is 0 Å². The van der Waals surface area contributed by atoms with Crippen LogP contribution in [-0.2, 0) is 88.7 Å². The number of carbonyl (C=O) groups is 5.